The molecule has 10 bridgehead atoms. The number of benzene rings is 1. The molecule has 1 fully saturated rings. The smallest absolute Gasteiger partial charge is 0.165 e. The number of aliphatic hydroxyl groups is 1. The van der Waals surface area contributed by atoms with Crippen LogP contribution in [0.3, 0.4) is 0 Å². The number of ether oxygens (including phenoxy) is 2. The number of aromatic nitrogens is 4. The maximum atomic E-state index is 10.6. The average molecular weight is 610 g/mol. The largest absolute Gasteiger partial charge is 0.493 e. The second kappa shape index (κ2) is 10.3. The van der Waals surface area contributed by atoms with Gasteiger partial charge in [0.1, 0.15) is 12.2 Å². The van der Waals surface area contributed by atoms with Crippen molar-refractivity contribution in [3.05, 3.63) is 107 Å². The average Bonchev–Trinajstić information content (AvgIpc) is 3.89. The Bertz CT molecular complexity index is 2050. The number of aliphatic hydroxyl groups excluding tert-OH is 1. The van der Waals surface area contributed by atoms with Crippen molar-refractivity contribution in [2.75, 3.05) is 20.7 Å². The number of aromatic amines is 2. The van der Waals surface area contributed by atoms with Crippen LogP contribution in [-0.2, 0) is 11.8 Å². The Morgan fingerprint density at radius 1 is 0.826 bits per heavy atom. The summed E-state index contributed by atoms with van der Waals surface area (Å²) in [5, 5.41) is 10.6. The number of H-pyrrole nitrogens is 2. The lowest BCUT2D eigenvalue weighted by atomic mass is 9.53. The Labute approximate surface area is 266 Å². The summed E-state index contributed by atoms with van der Waals surface area (Å²) in [5.74, 6) is 2.09. The van der Waals surface area contributed by atoms with E-state index < -0.39 is 6.10 Å². The summed E-state index contributed by atoms with van der Waals surface area (Å²) in [6.45, 7) is 1.05. The van der Waals surface area contributed by atoms with Crippen molar-refractivity contribution in [3.8, 4) is 11.5 Å². The molecule has 1 saturated heterocycles. The number of nitrogens with zero attached hydrogens (tertiary/aromatic N) is 3. The fraction of sp³-hybridized carbons (Fsp3) is 0.263. The van der Waals surface area contributed by atoms with Crippen molar-refractivity contribution in [2.24, 2.45) is 5.92 Å². The molecule has 0 unspecified atom stereocenters. The highest BCUT2D eigenvalue weighted by Crippen LogP contribution is 2.62. The zero-order chi connectivity index (χ0) is 31.0. The van der Waals surface area contributed by atoms with E-state index in [-0.39, 0.29) is 11.5 Å². The van der Waals surface area contributed by atoms with Gasteiger partial charge in [-0.05, 0) is 111 Å². The van der Waals surface area contributed by atoms with E-state index in [9.17, 15) is 5.11 Å². The van der Waals surface area contributed by atoms with Crippen molar-refractivity contribution < 1.29 is 14.6 Å². The topological polar surface area (TPSA) is 99.3 Å². The lowest BCUT2D eigenvalue weighted by Gasteiger charge is -2.56. The summed E-state index contributed by atoms with van der Waals surface area (Å²) in [5.41, 5.74) is 10.5. The first kappa shape index (κ1) is 27.4. The first-order valence-electron chi connectivity index (χ1n) is 15.9. The van der Waals surface area contributed by atoms with Gasteiger partial charge in [-0.2, -0.15) is 0 Å². The minimum absolute atomic E-state index is 0.0806. The Kier molecular flexibility index (Phi) is 6.14. The van der Waals surface area contributed by atoms with Gasteiger partial charge in [0.25, 0.3) is 0 Å². The molecule has 1 aromatic carbocycles. The standard InChI is InChI=1S/C20H14N4.C18H21NO3/c1-2-14-10-16-5-6-18(23-16)12-20-8-7-19(24-20)11-17-4-3-15(22-17)9-13(1)21-14;1-19-8-7-18-11-4-5-13(20)17(18)22-16-14(21-2)6-3-10(15(16)18)9-12(11)19/h1-12,21-22H;3-6,11-13,17,20H,7-9H2,1-2H3/t;11-,12+,13-,17-,18-/m.0/s1. The van der Waals surface area contributed by atoms with Crippen molar-refractivity contribution in [3.63, 3.8) is 0 Å². The molecule has 3 aromatic heterocycles. The second-order valence-corrected chi connectivity index (χ2v) is 13.0. The zero-order valence-electron chi connectivity index (χ0n) is 25.8. The highest BCUT2D eigenvalue weighted by atomic mass is 16.5. The predicted octanol–water partition coefficient (Wildman–Crippen LogP) is 6.16. The first-order chi connectivity index (χ1) is 22.5. The van der Waals surface area contributed by atoms with Gasteiger partial charge in [0.2, 0.25) is 0 Å². The molecule has 230 valence electrons. The molecule has 0 radical (unpaired) electrons. The molecule has 4 aromatic rings. The molecular weight excluding hydrogens is 574 g/mol. The molecule has 10 rings (SSSR count). The van der Waals surface area contributed by atoms with Crippen LogP contribution in [0.2, 0.25) is 0 Å². The maximum absolute atomic E-state index is 10.6. The van der Waals surface area contributed by atoms with Crippen molar-refractivity contribution in [1.82, 2.24) is 24.8 Å². The van der Waals surface area contributed by atoms with Crippen LogP contribution >= 0.6 is 0 Å². The number of rotatable bonds is 1. The summed E-state index contributed by atoms with van der Waals surface area (Å²) in [7, 11) is 3.91. The quantitative estimate of drug-likeness (QED) is 0.193. The van der Waals surface area contributed by atoms with E-state index in [1.165, 1.54) is 11.1 Å². The Balaban J connectivity index is 0.000000127. The number of likely N-dealkylation sites (tertiary alicyclic amines) is 1. The van der Waals surface area contributed by atoms with Gasteiger partial charge in [-0.15, -0.1) is 0 Å². The third-order valence-electron chi connectivity index (χ3n) is 10.4. The Morgan fingerprint density at radius 3 is 2.07 bits per heavy atom. The number of methoxy groups -OCH3 is 1. The lowest BCUT2D eigenvalue weighted by molar-refractivity contribution is -0.0453. The minimum Gasteiger partial charge on any atom is -0.493 e. The van der Waals surface area contributed by atoms with Crippen LogP contribution in [0.1, 0.15) is 40.3 Å². The normalized spacial score (nSPS) is 26.2. The van der Waals surface area contributed by atoms with Gasteiger partial charge in [0.15, 0.2) is 11.5 Å². The van der Waals surface area contributed by atoms with E-state index in [2.05, 4.69) is 74.4 Å². The van der Waals surface area contributed by atoms with Gasteiger partial charge >= 0.3 is 0 Å². The predicted molar refractivity (Wildman–Crippen MR) is 181 cm³/mol. The van der Waals surface area contributed by atoms with Crippen LogP contribution in [-0.4, -0.2) is 68.9 Å². The molecule has 7 heterocycles. The molecule has 46 heavy (non-hydrogen) atoms. The summed E-state index contributed by atoms with van der Waals surface area (Å²) in [4.78, 5) is 18.5. The van der Waals surface area contributed by atoms with Crippen LogP contribution in [0.15, 0.2) is 72.8 Å². The first-order valence-corrected chi connectivity index (χ1v) is 15.9. The molecule has 0 saturated carbocycles. The van der Waals surface area contributed by atoms with E-state index in [1.54, 1.807) is 7.11 Å². The van der Waals surface area contributed by atoms with Gasteiger partial charge in [0.05, 0.1) is 29.9 Å². The van der Waals surface area contributed by atoms with Crippen LogP contribution in [0.4, 0.5) is 0 Å². The lowest BCUT2D eigenvalue weighted by Crippen LogP contribution is -2.64. The highest BCUT2D eigenvalue weighted by Gasteiger charge is 2.64. The van der Waals surface area contributed by atoms with E-state index in [0.29, 0.717) is 12.0 Å². The third kappa shape index (κ3) is 4.28. The fourth-order valence-electron chi connectivity index (χ4n) is 8.33. The zero-order valence-corrected chi connectivity index (χ0v) is 25.8. The molecule has 8 nitrogen and oxygen atoms in total. The van der Waals surface area contributed by atoms with Crippen molar-refractivity contribution >= 4 is 46.4 Å². The minimum atomic E-state index is -0.539. The molecular formula is C38H35N5O3. The van der Waals surface area contributed by atoms with Gasteiger partial charge in [-0.3, -0.25) is 0 Å². The number of hydrogen-bond donors (Lipinski definition) is 3. The molecule has 0 amide bonds. The van der Waals surface area contributed by atoms with E-state index in [4.69, 9.17) is 9.47 Å². The van der Waals surface area contributed by atoms with Gasteiger partial charge < -0.3 is 29.4 Å². The number of piperidine rings is 1. The second-order valence-electron chi connectivity index (χ2n) is 13.0. The Hall–Kier alpha value is -4.92. The molecule has 5 atom stereocenters. The van der Waals surface area contributed by atoms with Gasteiger partial charge in [-0.25, -0.2) is 9.97 Å². The molecule has 8 heteroatoms. The summed E-state index contributed by atoms with van der Waals surface area (Å²) >= 11 is 0. The number of fused-ring (bicyclic) bond motifs is 8. The van der Waals surface area contributed by atoms with Crippen molar-refractivity contribution in [2.45, 2.75) is 36.5 Å². The van der Waals surface area contributed by atoms with Crippen LogP contribution in [0, 0.1) is 5.92 Å². The molecule has 3 N–H and O–H groups in total. The molecule has 6 aliphatic rings. The third-order valence-corrected chi connectivity index (χ3v) is 10.4. The monoisotopic (exact) mass is 609 g/mol. The van der Waals surface area contributed by atoms with Crippen molar-refractivity contribution in [1.29, 1.82) is 0 Å². The highest BCUT2D eigenvalue weighted by molar-refractivity contribution is 5.77. The number of nitrogens with one attached hydrogen (secondary N) is 2. The number of likely N-dealkylation sites (N-methyl/N-ethyl adjacent to an activating group) is 1. The van der Waals surface area contributed by atoms with E-state index >= 15 is 0 Å². The Morgan fingerprint density at radius 2 is 1.43 bits per heavy atom. The van der Waals surface area contributed by atoms with E-state index in [0.717, 1.165) is 75.7 Å². The van der Waals surface area contributed by atoms with Gasteiger partial charge in [-0.1, -0.05) is 18.2 Å². The molecule has 1 spiro atoms. The maximum Gasteiger partial charge on any atom is 0.165 e. The number of hydrogen-bond acceptors (Lipinski definition) is 6. The summed E-state index contributed by atoms with van der Waals surface area (Å²) in [6, 6.07) is 21.1. The summed E-state index contributed by atoms with van der Waals surface area (Å²) in [6.07, 6.45) is 13.6. The van der Waals surface area contributed by atoms with Gasteiger partial charge in [0, 0.05) is 45.0 Å². The fourth-order valence-corrected chi connectivity index (χ4v) is 8.33. The molecule has 2 aliphatic carbocycles. The molecule has 4 aliphatic heterocycles. The summed E-state index contributed by atoms with van der Waals surface area (Å²) < 4.78 is 11.8. The van der Waals surface area contributed by atoms with Crippen LogP contribution < -0.4 is 9.47 Å². The SMILES string of the molecule is C1=Cc2cc3ccc(cc4ccc(cc5nc(cc1n2)C=C5)[nH]4)[nH]3.COc1ccc2c3c1O[C@H]1[C@@H](O)C=C[C@H]4[C@@H](C2)N(C)CC[C@@]341. The van der Waals surface area contributed by atoms with Crippen LogP contribution in [0.25, 0.3) is 46.4 Å². The van der Waals surface area contributed by atoms with E-state index in [1.807, 2.05) is 54.6 Å². The van der Waals surface area contributed by atoms with Crippen LogP contribution in [0.5, 0.6) is 11.5 Å².